The molecule has 0 N–H and O–H groups in total. The predicted octanol–water partition coefficient (Wildman–Crippen LogP) is 1.37. The Morgan fingerprint density at radius 2 is 2.19 bits per heavy atom. The van der Waals surface area contributed by atoms with Crippen molar-refractivity contribution in [2.75, 3.05) is 5.75 Å². The Kier molecular flexibility index (Phi) is 5.04. The van der Waals surface area contributed by atoms with Gasteiger partial charge in [-0.05, 0) is 0 Å². The third-order valence-electron chi connectivity index (χ3n) is 1.52. The fraction of sp³-hybridized carbons (Fsp3) is 0.273. The molecule has 0 saturated heterocycles. The van der Waals surface area contributed by atoms with E-state index in [1.54, 1.807) is 0 Å². The standard InChI is InChI=1S/C11H9N3OS/c1-9(15)16-5-3-2-4-10-7-13-11(6-12)14-8-10/h7-8H,3,5H2,1H3. The van der Waals surface area contributed by atoms with E-state index < -0.39 is 0 Å². The SMILES string of the molecule is CC(=O)SCCC#Cc1cnc(C#N)nc1. The van der Waals surface area contributed by atoms with E-state index >= 15 is 0 Å². The summed E-state index contributed by atoms with van der Waals surface area (Å²) in [7, 11) is 0. The van der Waals surface area contributed by atoms with Crippen molar-refractivity contribution in [3.8, 4) is 17.9 Å². The predicted molar refractivity (Wildman–Crippen MR) is 61.4 cm³/mol. The average Bonchev–Trinajstić information content (AvgIpc) is 2.29. The smallest absolute Gasteiger partial charge is 0.232 e. The number of thioether (sulfide) groups is 1. The highest BCUT2D eigenvalue weighted by Crippen LogP contribution is 2.02. The molecule has 0 aliphatic rings. The van der Waals surface area contributed by atoms with Gasteiger partial charge in [0.25, 0.3) is 0 Å². The summed E-state index contributed by atoms with van der Waals surface area (Å²) in [4.78, 5) is 18.2. The minimum atomic E-state index is 0.100. The van der Waals surface area contributed by atoms with Crippen LogP contribution in [0.1, 0.15) is 24.7 Å². The van der Waals surface area contributed by atoms with Gasteiger partial charge in [0.15, 0.2) is 5.12 Å². The molecule has 4 nitrogen and oxygen atoms in total. The molecular formula is C11H9N3OS. The van der Waals surface area contributed by atoms with Gasteiger partial charge in [-0.15, -0.1) is 0 Å². The Morgan fingerprint density at radius 1 is 1.50 bits per heavy atom. The first kappa shape index (κ1) is 12.2. The molecule has 0 unspecified atom stereocenters. The first-order valence-electron chi connectivity index (χ1n) is 4.57. The van der Waals surface area contributed by atoms with E-state index in [2.05, 4.69) is 21.8 Å². The molecule has 1 aromatic rings. The van der Waals surface area contributed by atoms with Crippen LogP contribution in [-0.4, -0.2) is 20.8 Å². The van der Waals surface area contributed by atoms with E-state index in [0.29, 0.717) is 17.7 Å². The van der Waals surface area contributed by atoms with Gasteiger partial charge in [0.1, 0.15) is 6.07 Å². The Hall–Kier alpha value is -1.85. The molecule has 0 spiro atoms. The van der Waals surface area contributed by atoms with Gasteiger partial charge in [-0.2, -0.15) is 5.26 Å². The molecule has 0 saturated carbocycles. The van der Waals surface area contributed by atoms with Crippen LogP contribution in [0, 0.1) is 23.2 Å². The van der Waals surface area contributed by atoms with Gasteiger partial charge in [-0.25, -0.2) is 9.97 Å². The molecule has 0 atom stereocenters. The van der Waals surface area contributed by atoms with Crippen molar-refractivity contribution in [2.45, 2.75) is 13.3 Å². The molecular weight excluding hydrogens is 222 g/mol. The summed E-state index contributed by atoms with van der Waals surface area (Å²) in [6, 6.07) is 1.83. The number of carbonyl (C=O) groups excluding carboxylic acids is 1. The van der Waals surface area contributed by atoms with Gasteiger partial charge in [0.05, 0.1) is 5.56 Å². The van der Waals surface area contributed by atoms with Gasteiger partial charge in [-0.3, -0.25) is 4.79 Å². The van der Waals surface area contributed by atoms with E-state index in [-0.39, 0.29) is 10.9 Å². The molecule has 0 amide bonds. The van der Waals surface area contributed by atoms with Crippen LogP contribution in [-0.2, 0) is 4.79 Å². The molecule has 80 valence electrons. The Labute approximate surface area is 98.1 Å². The monoisotopic (exact) mass is 231 g/mol. The lowest BCUT2D eigenvalue weighted by molar-refractivity contribution is -0.109. The van der Waals surface area contributed by atoms with Gasteiger partial charge < -0.3 is 0 Å². The summed E-state index contributed by atoms with van der Waals surface area (Å²) in [6.45, 7) is 1.53. The van der Waals surface area contributed by atoms with Crippen molar-refractivity contribution >= 4 is 16.9 Å². The van der Waals surface area contributed by atoms with Crippen LogP contribution in [0.15, 0.2) is 12.4 Å². The first-order chi connectivity index (χ1) is 7.72. The number of nitrogens with zero attached hydrogens (tertiary/aromatic N) is 3. The zero-order chi connectivity index (χ0) is 11.8. The van der Waals surface area contributed by atoms with Gasteiger partial charge >= 0.3 is 0 Å². The molecule has 0 aliphatic carbocycles. The maximum atomic E-state index is 10.6. The van der Waals surface area contributed by atoms with Crippen LogP contribution >= 0.6 is 11.8 Å². The van der Waals surface area contributed by atoms with Crippen molar-refractivity contribution in [1.82, 2.24) is 9.97 Å². The Balaban J connectivity index is 2.44. The van der Waals surface area contributed by atoms with Crippen molar-refractivity contribution in [2.24, 2.45) is 0 Å². The molecule has 0 fully saturated rings. The third-order valence-corrected chi connectivity index (χ3v) is 2.33. The number of aromatic nitrogens is 2. The fourth-order valence-corrected chi connectivity index (χ4v) is 1.35. The van der Waals surface area contributed by atoms with Crippen LogP contribution in [0.25, 0.3) is 0 Å². The normalized spacial score (nSPS) is 8.75. The number of carbonyl (C=O) groups is 1. The zero-order valence-corrected chi connectivity index (χ0v) is 9.54. The maximum Gasteiger partial charge on any atom is 0.232 e. The second-order valence-corrected chi connectivity index (χ2v) is 4.07. The lowest BCUT2D eigenvalue weighted by Crippen LogP contribution is -1.88. The number of rotatable bonds is 2. The third kappa shape index (κ3) is 4.59. The fourth-order valence-electron chi connectivity index (χ4n) is 0.861. The summed E-state index contributed by atoms with van der Waals surface area (Å²) in [5.74, 6) is 6.60. The Bertz CT molecular complexity index is 465. The molecule has 1 rings (SSSR count). The zero-order valence-electron chi connectivity index (χ0n) is 8.73. The summed E-state index contributed by atoms with van der Waals surface area (Å²) in [6.07, 6.45) is 3.66. The molecule has 16 heavy (non-hydrogen) atoms. The first-order valence-corrected chi connectivity index (χ1v) is 5.55. The van der Waals surface area contributed by atoms with Crippen molar-refractivity contribution in [3.63, 3.8) is 0 Å². The van der Waals surface area contributed by atoms with E-state index in [0.717, 1.165) is 0 Å². The van der Waals surface area contributed by atoms with Crippen LogP contribution in [0.5, 0.6) is 0 Å². The second kappa shape index (κ2) is 6.60. The number of hydrogen-bond acceptors (Lipinski definition) is 5. The van der Waals surface area contributed by atoms with Crippen molar-refractivity contribution in [1.29, 1.82) is 5.26 Å². The van der Waals surface area contributed by atoms with E-state index in [1.807, 2.05) is 6.07 Å². The quantitative estimate of drug-likeness (QED) is 0.568. The Morgan fingerprint density at radius 3 is 2.75 bits per heavy atom. The maximum absolute atomic E-state index is 10.6. The van der Waals surface area contributed by atoms with Crippen molar-refractivity contribution < 1.29 is 4.79 Å². The molecule has 0 bridgehead atoms. The van der Waals surface area contributed by atoms with E-state index in [9.17, 15) is 4.79 Å². The molecule has 0 aliphatic heterocycles. The highest BCUT2D eigenvalue weighted by Gasteiger charge is 1.93. The minimum absolute atomic E-state index is 0.100. The van der Waals surface area contributed by atoms with Gasteiger partial charge in [0, 0.05) is 31.5 Å². The van der Waals surface area contributed by atoms with Gasteiger partial charge in [-0.1, -0.05) is 23.6 Å². The molecule has 1 heterocycles. The van der Waals surface area contributed by atoms with E-state index in [1.165, 1.54) is 31.1 Å². The highest BCUT2D eigenvalue weighted by atomic mass is 32.2. The highest BCUT2D eigenvalue weighted by molar-refractivity contribution is 8.13. The summed E-state index contributed by atoms with van der Waals surface area (Å²) < 4.78 is 0. The second-order valence-electron chi connectivity index (χ2n) is 2.80. The lowest BCUT2D eigenvalue weighted by atomic mass is 10.3. The summed E-state index contributed by atoms with van der Waals surface area (Å²) in [5.41, 5.74) is 0.673. The lowest BCUT2D eigenvalue weighted by Gasteiger charge is -1.90. The van der Waals surface area contributed by atoms with Crippen molar-refractivity contribution in [3.05, 3.63) is 23.8 Å². The van der Waals surface area contributed by atoms with Crippen LogP contribution in [0.3, 0.4) is 0 Å². The van der Waals surface area contributed by atoms with Crippen LogP contribution in [0.4, 0.5) is 0 Å². The minimum Gasteiger partial charge on any atom is -0.288 e. The van der Waals surface area contributed by atoms with Gasteiger partial charge in [0.2, 0.25) is 5.82 Å². The topological polar surface area (TPSA) is 66.6 Å². The average molecular weight is 231 g/mol. The van der Waals surface area contributed by atoms with Crippen LogP contribution in [0.2, 0.25) is 0 Å². The number of hydrogen-bond donors (Lipinski definition) is 0. The molecule has 1 aromatic heterocycles. The largest absolute Gasteiger partial charge is 0.288 e. The molecule has 0 aromatic carbocycles. The summed E-state index contributed by atoms with van der Waals surface area (Å²) in [5, 5.41) is 8.58. The van der Waals surface area contributed by atoms with Crippen LogP contribution < -0.4 is 0 Å². The van der Waals surface area contributed by atoms with E-state index in [4.69, 9.17) is 5.26 Å². The number of nitriles is 1. The molecule has 0 radical (unpaired) electrons. The molecule has 5 heteroatoms. The summed E-state index contributed by atoms with van der Waals surface area (Å²) >= 11 is 1.26.